The normalized spacial score (nSPS) is 25.0. The van der Waals surface area contributed by atoms with Gasteiger partial charge in [0.2, 0.25) is 0 Å². The van der Waals surface area contributed by atoms with Gasteiger partial charge in [0, 0.05) is 22.3 Å². The zero-order chi connectivity index (χ0) is 16.7. The molecule has 3 heterocycles. The van der Waals surface area contributed by atoms with Crippen molar-refractivity contribution in [2.75, 3.05) is 20.1 Å². The summed E-state index contributed by atoms with van der Waals surface area (Å²) < 4.78 is 0. The van der Waals surface area contributed by atoms with Gasteiger partial charge in [-0.1, -0.05) is 18.2 Å². The predicted octanol–water partition coefficient (Wildman–Crippen LogP) is 4.64. The minimum atomic E-state index is 0.0182. The molecule has 1 aromatic heterocycles. The molecular weight excluding hydrogens is 312 g/mol. The zero-order valence-corrected chi connectivity index (χ0v) is 15.7. The number of rotatable bonds is 1. The van der Waals surface area contributed by atoms with Crippen LogP contribution >= 0.6 is 11.8 Å². The van der Waals surface area contributed by atoms with Gasteiger partial charge >= 0.3 is 0 Å². The number of aryl methyl sites for hydroxylation is 1. The Morgan fingerprint density at radius 1 is 1.21 bits per heavy atom. The number of benzene rings is 1. The summed E-state index contributed by atoms with van der Waals surface area (Å²) in [6.45, 7) is 7.03. The van der Waals surface area contributed by atoms with E-state index >= 15 is 0 Å². The SMILES string of the molecule is Cc1ccc2c(c1)SCc1cccnc1C2(C)C1CCN(C)CC1. The van der Waals surface area contributed by atoms with E-state index in [4.69, 9.17) is 4.98 Å². The van der Waals surface area contributed by atoms with Gasteiger partial charge in [-0.25, -0.2) is 0 Å². The molecule has 3 heteroatoms. The van der Waals surface area contributed by atoms with Crippen LogP contribution in [0.4, 0.5) is 0 Å². The molecule has 2 nitrogen and oxygen atoms in total. The fourth-order valence-corrected chi connectivity index (χ4v) is 5.73. The summed E-state index contributed by atoms with van der Waals surface area (Å²) in [5.74, 6) is 1.68. The lowest BCUT2D eigenvalue weighted by Gasteiger charge is -2.42. The van der Waals surface area contributed by atoms with Crippen molar-refractivity contribution in [1.82, 2.24) is 9.88 Å². The Morgan fingerprint density at radius 2 is 2.00 bits per heavy atom. The highest BCUT2D eigenvalue weighted by molar-refractivity contribution is 7.98. The summed E-state index contributed by atoms with van der Waals surface area (Å²) in [5.41, 5.74) is 5.59. The van der Waals surface area contributed by atoms with Crippen molar-refractivity contribution < 1.29 is 0 Å². The van der Waals surface area contributed by atoms with Gasteiger partial charge < -0.3 is 4.90 Å². The van der Waals surface area contributed by atoms with Crippen LogP contribution in [0.15, 0.2) is 41.4 Å². The number of likely N-dealkylation sites (tertiary alicyclic amines) is 1. The average molecular weight is 339 g/mol. The van der Waals surface area contributed by atoms with Crippen molar-refractivity contribution in [3.05, 3.63) is 58.9 Å². The highest BCUT2D eigenvalue weighted by Crippen LogP contribution is 2.50. The molecule has 2 aliphatic heterocycles. The number of hydrogen-bond acceptors (Lipinski definition) is 3. The number of piperidine rings is 1. The van der Waals surface area contributed by atoms with Gasteiger partial charge in [0.25, 0.3) is 0 Å². The first kappa shape index (κ1) is 16.2. The van der Waals surface area contributed by atoms with E-state index in [1.165, 1.54) is 53.2 Å². The van der Waals surface area contributed by atoms with E-state index < -0.39 is 0 Å². The highest BCUT2D eigenvalue weighted by Gasteiger charge is 2.43. The summed E-state index contributed by atoms with van der Waals surface area (Å²) in [6.07, 6.45) is 4.48. The predicted molar refractivity (Wildman–Crippen MR) is 102 cm³/mol. The Balaban J connectivity index is 1.90. The molecule has 0 aliphatic carbocycles. The molecule has 0 saturated carbocycles. The van der Waals surface area contributed by atoms with E-state index in [0.717, 1.165) is 5.75 Å². The molecular formula is C21H26N2S. The second kappa shape index (κ2) is 6.20. The van der Waals surface area contributed by atoms with Crippen LogP contribution in [0.3, 0.4) is 0 Å². The van der Waals surface area contributed by atoms with Crippen molar-refractivity contribution in [2.24, 2.45) is 5.92 Å². The quantitative estimate of drug-likeness (QED) is 0.753. The molecule has 4 rings (SSSR count). The van der Waals surface area contributed by atoms with Crippen LogP contribution in [-0.4, -0.2) is 30.0 Å². The van der Waals surface area contributed by atoms with E-state index in [1.54, 1.807) is 0 Å². The number of thioether (sulfide) groups is 1. The van der Waals surface area contributed by atoms with Crippen LogP contribution in [0.2, 0.25) is 0 Å². The molecule has 1 atom stereocenters. The molecule has 0 spiro atoms. The van der Waals surface area contributed by atoms with Crippen molar-refractivity contribution in [1.29, 1.82) is 0 Å². The van der Waals surface area contributed by atoms with Crippen molar-refractivity contribution >= 4 is 11.8 Å². The first-order valence-corrected chi connectivity index (χ1v) is 9.94. The van der Waals surface area contributed by atoms with Gasteiger partial charge in [0.15, 0.2) is 0 Å². The molecule has 0 bridgehead atoms. The lowest BCUT2D eigenvalue weighted by Crippen LogP contribution is -2.42. The van der Waals surface area contributed by atoms with Crippen LogP contribution in [-0.2, 0) is 11.2 Å². The number of fused-ring (bicyclic) bond motifs is 2. The lowest BCUT2D eigenvalue weighted by atomic mass is 9.65. The molecule has 1 saturated heterocycles. The van der Waals surface area contributed by atoms with E-state index in [-0.39, 0.29) is 5.41 Å². The van der Waals surface area contributed by atoms with E-state index in [9.17, 15) is 0 Å². The smallest absolute Gasteiger partial charge is 0.0550 e. The Morgan fingerprint density at radius 3 is 2.79 bits per heavy atom. The van der Waals surface area contributed by atoms with Gasteiger partial charge in [0.05, 0.1) is 5.69 Å². The summed E-state index contributed by atoms with van der Waals surface area (Å²) in [7, 11) is 2.24. The topological polar surface area (TPSA) is 16.1 Å². The Bertz CT molecular complexity index is 749. The van der Waals surface area contributed by atoms with Gasteiger partial charge in [-0.05, 0) is 81.6 Å². The fraction of sp³-hybridized carbons (Fsp3) is 0.476. The molecule has 126 valence electrons. The molecule has 2 aromatic rings. The third-order valence-corrected chi connectivity index (χ3v) is 7.10. The van der Waals surface area contributed by atoms with Gasteiger partial charge in [-0.15, -0.1) is 11.8 Å². The highest BCUT2D eigenvalue weighted by atomic mass is 32.2. The second-order valence-electron chi connectivity index (χ2n) is 7.58. The number of pyridine rings is 1. The third kappa shape index (κ3) is 2.58. The standard InChI is InChI=1S/C21H26N2S/c1-15-6-7-18-19(13-15)24-14-16-5-4-10-22-20(16)21(18,2)17-8-11-23(3)12-9-17/h4-7,10,13,17H,8-9,11-12,14H2,1-3H3. The van der Waals surface area contributed by atoms with E-state index in [2.05, 4.69) is 56.1 Å². The number of aromatic nitrogens is 1. The molecule has 0 radical (unpaired) electrons. The minimum absolute atomic E-state index is 0.0182. The monoisotopic (exact) mass is 338 g/mol. The van der Waals surface area contributed by atoms with Gasteiger partial charge in [-0.2, -0.15) is 0 Å². The Labute approximate surface area is 149 Å². The van der Waals surface area contributed by atoms with E-state index in [0.29, 0.717) is 5.92 Å². The Hall–Kier alpha value is -1.32. The first-order chi connectivity index (χ1) is 11.6. The second-order valence-corrected chi connectivity index (χ2v) is 8.60. The van der Waals surface area contributed by atoms with Crippen LogP contribution in [0.1, 0.15) is 42.1 Å². The van der Waals surface area contributed by atoms with Crippen LogP contribution in [0.25, 0.3) is 0 Å². The van der Waals surface area contributed by atoms with Crippen molar-refractivity contribution in [2.45, 2.75) is 42.8 Å². The summed E-state index contributed by atoms with van der Waals surface area (Å²) in [4.78, 5) is 8.83. The molecule has 2 aliphatic rings. The molecule has 1 fully saturated rings. The van der Waals surface area contributed by atoms with Crippen molar-refractivity contribution in [3.63, 3.8) is 0 Å². The van der Waals surface area contributed by atoms with Crippen LogP contribution in [0, 0.1) is 12.8 Å². The molecule has 0 N–H and O–H groups in total. The largest absolute Gasteiger partial charge is 0.306 e. The maximum atomic E-state index is 4.92. The van der Waals surface area contributed by atoms with Crippen molar-refractivity contribution in [3.8, 4) is 0 Å². The molecule has 1 aromatic carbocycles. The van der Waals surface area contributed by atoms with Crippen LogP contribution < -0.4 is 0 Å². The van der Waals surface area contributed by atoms with Gasteiger partial charge in [-0.3, -0.25) is 4.98 Å². The molecule has 24 heavy (non-hydrogen) atoms. The molecule has 0 amide bonds. The maximum Gasteiger partial charge on any atom is 0.0550 e. The van der Waals surface area contributed by atoms with E-state index in [1.807, 2.05) is 18.0 Å². The summed E-state index contributed by atoms with van der Waals surface area (Å²) in [6, 6.07) is 11.4. The number of nitrogens with zero attached hydrogens (tertiary/aromatic N) is 2. The Kier molecular flexibility index (Phi) is 4.17. The zero-order valence-electron chi connectivity index (χ0n) is 14.9. The average Bonchev–Trinajstić information content (AvgIpc) is 2.71. The van der Waals surface area contributed by atoms with Gasteiger partial charge in [0.1, 0.15) is 0 Å². The number of hydrogen-bond donors (Lipinski definition) is 0. The molecule has 1 unspecified atom stereocenters. The maximum absolute atomic E-state index is 4.92. The summed E-state index contributed by atoms with van der Waals surface area (Å²) >= 11 is 1.98. The first-order valence-electron chi connectivity index (χ1n) is 8.96. The lowest BCUT2D eigenvalue weighted by molar-refractivity contribution is 0.169. The van der Waals surface area contributed by atoms with Crippen LogP contribution in [0.5, 0.6) is 0 Å². The summed E-state index contributed by atoms with van der Waals surface area (Å²) in [5, 5.41) is 0. The minimum Gasteiger partial charge on any atom is -0.306 e. The fourth-order valence-electron chi connectivity index (χ4n) is 4.48. The third-order valence-electron chi connectivity index (χ3n) is 6.00.